The van der Waals surface area contributed by atoms with Crippen molar-refractivity contribution >= 4 is 47.3 Å². The first-order valence-electron chi connectivity index (χ1n) is 10.2. The third-order valence-corrected chi connectivity index (χ3v) is 9.42. The van der Waals surface area contributed by atoms with Gasteiger partial charge in [0.15, 0.2) is 0 Å². The van der Waals surface area contributed by atoms with E-state index < -0.39 is 51.9 Å². The number of esters is 2. The Morgan fingerprint density at radius 1 is 0.903 bits per heavy atom. The Hall–Kier alpha value is -1.50. The van der Waals surface area contributed by atoms with Crippen molar-refractivity contribution in [2.24, 2.45) is 11.5 Å². The molecule has 4 rings (SSSR count). The average molecular weight is 473 g/mol. The average Bonchev–Trinajstić information content (AvgIpc) is 3.12. The fourth-order valence-corrected chi connectivity index (χ4v) is 7.75. The van der Waals surface area contributed by atoms with Crippen molar-refractivity contribution in [3.63, 3.8) is 0 Å². The predicted molar refractivity (Wildman–Crippen MR) is 114 cm³/mol. The molecule has 12 heteroatoms. The van der Waals surface area contributed by atoms with Crippen molar-refractivity contribution in [2.75, 3.05) is 0 Å². The molecule has 4 fully saturated rings. The summed E-state index contributed by atoms with van der Waals surface area (Å²) in [5.74, 6) is -1.86. The highest BCUT2D eigenvalue weighted by Crippen LogP contribution is 2.51. The second-order valence-electron chi connectivity index (χ2n) is 9.28. The molecule has 6 atom stereocenters. The molecule has 4 heterocycles. The normalized spacial score (nSPS) is 37.2. The van der Waals surface area contributed by atoms with Crippen LogP contribution in [0.4, 0.5) is 0 Å². The predicted octanol–water partition coefficient (Wildman–Crippen LogP) is -0.412. The number of β-lactam (4-membered cyclic amide) rings is 2. The van der Waals surface area contributed by atoms with E-state index in [1.807, 2.05) is 27.7 Å². The molecular formula is C19H28N4O6S2. The van der Waals surface area contributed by atoms with E-state index in [-0.39, 0.29) is 29.0 Å². The largest absolute Gasteiger partial charge is 0.424 e. The van der Waals surface area contributed by atoms with Gasteiger partial charge in [-0.15, -0.1) is 23.5 Å². The summed E-state index contributed by atoms with van der Waals surface area (Å²) in [4.78, 5) is 53.3. The molecule has 0 radical (unpaired) electrons. The molecule has 0 aliphatic carbocycles. The molecule has 0 bridgehead atoms. The first-order valence-corrected chi connectivity index (χ1v) is 12.0. The second-order valence-corrected chi connectivity index (χ2v) is 12.8. The lowest BCUT2D eigenvalue weighted by Gasteiger charge is -2.42. The van der Waals surface area contributed by atoms with Gasteiger partial charge in [0.2, 0.25) is 18.1 Å². The molecule has 31 heavy (non-hydrogen) atoms. The van der Waals surface area contributed by atoms with Crippen molar-refractivity contribution in [1.29, 1.82) is 0 Å². The van der Waals surface area contributed by atoms with Crippen LogP contribution in [-0.2, 0) is 28.7 Å². The van der Waals surface area contributed by atoms with E-state index in [0.29, 0.717) is 0 Å². The Kier molecular flexibility index (Phi) is 5.31. The van der Waals surface area contributed by atoms with E-state index in [9.17, 15) is 19.2 Å². The molecule has 0 aromatic carbocycles. The van der Waals surface area contributed by atoms with Gasteiger partial charge >= 0.3 is 11.9 Å². The molecule has 4 saturated heterocycles. The van der Waals surface area contributed by atoms with Gasteiger partial charge < -0.3 is 30.7 Å². The Labute approximate surface area is 189 Å². The summed E-state index contributed by atoms with van der Waals surface area (Å²) in [5.41, 5.74) is 11.7. The van der Waals surface area contributed by atoms with Crippen LogP contribution in [0, 0.1) is 0 Å². The maximum Gasteiger partial charge on any atom is 0.333 e. The van der Waals surface area contributed by atoms with Crippen molar-refractivity contribution in [3.8, 4) is 0 Å². The number of carbonyl (C=O) groups is 4. The Morgan fingerprint density at radius 3 is 1.58 bits per heavy atom. The van der Waals surface area contributed by atoms with Crippen LogP contribution in [-0.4, -0.2) is 84.3 Å². The van der Waals surface area contributed by atoms with Crippen molar-refractivity contribution < 1.29 is 28.7 Å². The highest BCUT2D eigenvalue weighted by atomic mass is 32.2. The van der Waals surface area contributed by atoms with Crippen LogP contribution >= 0.6 is 23.5 Å². The standard InChI is InChI=1S/C19H28N4O6S2/c1-6-7(28-16(26)10-18(2,3)30-14-8(20)12(24)22(10)14)29-17(27)11-19(4,5)31-15-9(21)13(25)23(11)15/h7-11,14-15H,6,20-21H2,1-5H3/t8-,9-,10+,11+,14-,15-/m1/s1. The van der Waals surface area contributed by atoms with Gasteiger partial charge in [0.1, 0.15) is 34.9 Å². The van der Waals surface area contributed by atoms with Crippen LogP contribution in [0.25, 0.3) is 0 Å². The fraction of sp³-hybridized carbons (Fsp3) is 0.789. The van der Waals surface area contributed by atoms with Gasteiger partial charge in [0.05, 0.1) is 0 Å². The van der Waals surface area contributed by atoms with E-state index in [4.69, 9.17) is 20.9 Å². The van der Waals surface area contributed by atoms with Crippen molar-refractivity contribution in [1.82, 2.24) is 9.80 Å². The molecule has 0 aromatic heterocycles. The molecular weight excluding hydrogens is 444 g/mol. The van der Waals surface area contributed by atoms with Gasteiger partial charge in [0, 0.05) is 15.9 Å². The number of amides is 2. The van der Waals surface area contributed by atoms with Crippen LogP contribution in [0.15, 0.2) is 0 Å². The minimum atomic E-state index is -1.13. The number of hydrogen-bond donors (Lipinski definition) is 2. The smallest absolute Gasteiger partial charge is 0.333 e. The molecule has 0 aromatic rings. The lowest BCUT2D eigenvalue weighted by molar-refractivity contribution is -0.199. The molecule has 2 amide bonds. The number of ether oxygens (including phenoxy) is 2. The molecule has 4 aliphatic heterocycles. The van der Waals surface area contributed by atoms with Crippen molar-refractivity contribution in [2.45, 2.75) is 91.7 Å². The third kappa shape index (κ3) is 3.25. The molecule has 0 saturated carbocycles. The SMILES string of the molecule is CCC(OC(=O)[C@@H]1N2C(=O)[C@@H](N)[C@H]2SC1(C)C)OC(=O)[C@@H]1N2C(=O)[C@@H](N)[C@H]2SC1(C)C. The monoisotopic (exact) mass is 472 g/mol. The van der Waals surface area contributed by atoms with Gasteiger partial charge in [-0.25, -0.2) is 9.59 Å². The summed E-state index contributed by atoms with van der Waals surface area (Å²) in [6.07, 6.45) is -0.902. The Balaban J connectivity index is 1.44. The van der Waals surface area contributed by atoms with Gasteiger partial charge in [-0.3, -0.25) is 9.59 Å². The van der Waals surface area contributed by atoms with Crippen LogP contribution in [0.1, 0.15) is 41.0 Å². The molecule has 0 spiro atoms. The zero-order chi connectivity index (χ0) is 23.0. The summed E-state index contributed by atoms with van der Waals surface area (Å²) in [6, 6.07) is -2.89. The lowest BCUT2D eigenvalue weighted by atomic mass is 9.96. The molecule has 10 nitrogen and oxygen atoms in total. The molecule has 172 valence electrons. The first kappa shape index (κ1) is 22.7. The van der Waals surface area contributed by atoms with E-state index in [1.54, 1.807) is 6.92 Å². The summed E-state index contributed by atoms with van der Waals surface area (Å²) in [7, 11) is 0. The minimum Gasteiger partial charge on any atom is -0.424 e. The second kappa shape index (κ2) is 7.26. The summed E-state index contributed by atoms with van der Waals surface area (Å²) < 4.78 is 9.85. The number of fused-ring (bicyclic) bond motifs is 2. The fourth-order valence-electron chi connectivity index (χ4n) is 4.62. The number of carbonyl (C=O) groups excluding carboxylic acids is 4. The van der Waals surface area contributed by atoms with Gasteiger partial charge in [0.25, 0.3) is 0 Å². The van der Waals surface area contributed by atoms with Gasteiger partial charge in [-0.05, 0) is 27.7 Å². The molecule has 0 unspecified atom stereocenters. The number of thioether (sulfide) groups is 2. The maximum atomic E-state index is 13.0. The molecule has 4 N–H and O–H groups in total. The van der Waals surface area contributed by atoms with Crippen LogP contribution in [0.5, 0.6) is 0 Å². The first-order chi connectivity index (χ1) is 14.3. The number of nitrogens with zero attached hydrogens (tertiary/aromatic N) is 2. The third-order valence-electron chi connectivity index (χ3n) is 6.24. The zero-order valence-electron chi connectivity index (χ0n) is 18.1. The van der Waals surface area contributed by atoms with Crippen LogP contribution in [0.2, 0.25) is 0 Å². The highest BCUT2D eigenvalue weighted by molar-refractivity contribution is 8.02. The highest BCUT2D eigenvalue weighted by Gasteiger charge is 2.64. The summed E-state index contributed by atoms with van der Waals surface area (Å²) >= 11 is 2.91. The summed E-state index contributed by atoms with van der Waals surface area (Å²) in [6.45, 7) is 9.13. The number of rotatable bonds is 5. The van der Waals surface area contributed by atoms with E-state index in [0.717, 1.165) is 0 Å². The topological polar surface area (TPSA) is 145 Å². The van der Waals surface area contributed by atoms with Crippen LogP contribution < -0.4 is 11.5 Å². The van der Waals surface area contributed by atoms with Gasteiger partial charge in [-0.2, -0.15) is 0 Å². The lowest BCUT2D eigenvalue weighted by Crippen LogP contribution is -2.69. The maximum absolute atomic E-state index is 13.0. The molecule has 4 aliphatic rings. The van der Waals surface area contributed by atoms with E-state index >= 15 is 0 Å². The quantitative estimate of drug-likeness (QED) is 0.307. The van der Waals surface area contributed by atoms with Gasteiger partial charge in [-0.1, -0.05) is 6.92 Å². The number of hydrogen-bond acceptors (Lipinski definition) is 10. The van der Waals surface area contributed by atoms with Crippen molar-refractivity contribution in [3.05, 3.63) is 0 Å². The Bertz CT molecular complexity index is 785. The van der Waals surface area contributed by atoms with E-state index in [1.165, 1.54) is 33.3 Å². The van der Waals surface area contributed by atoms with Crippen LogP contribution in [0.3, 0.4) is 0 Å². The summed E-state index contributed by atoms with van der Waals surface area (Å²) in [5, 5.41) is -0.532. The number of nitrogens with two attached hydrogens (primary N) is 2. The Morgan fingerprint density at radius 2 is 1.26 bits per heavy atom. The van der Waals surface area contributed by atoms with E-state index in [2.05, 4.69) is 0 Å². The minimum absolute atomic E-state index is 0.228. The zero-order valence-corrected chi connectivity index (χ0v) is 19.7.